The molecule has 2 atom stereocenters. The first kappa shape index (κ1) is 50.0. The van der Waals surface area contributed by atoms with Crippen LogP contribution in [-0.2, 0) is 37.4 Å². The molecule has 0 aromatic carbocycles. The van der Waals surface area contributed by atoms with Gasteiger partial charge in [0, 0.05) is 12.8 Å². The van der Waals surface area contributed by atoms with E-state index < -0.39 is 26.5 Å². The van der Waals surface area contributed by atoms with Crippen molar-refractivity contribution in [3.05, 3.63) is 0 Å². The second-order valence-electron chi connectivity index (χ2n) is 15.8. The van der Waals surface area contributed by atoms with Gasteiger partial charge >= 0.3 is 19.8 Å². The summed E-state index contributed by atoms with van der Waals surface area (Å²) >= 11 is 0. The molecule has 0 aromatic heterocycles. The van der Waals surface area contributed by atoms with Crippen molar-refractivity contribution in [2.45, 2.75) is 200 Å². The number of phosphoric acid groups is 1. The zero-order valence-corrected chi connectivity index (χ0v) is 35.5. The maximum atomic E-state index is 12.7. The standard InChI is InChI=1S/C42H82NO9P/c1-4-6-8-10-12-14-16-18-20-22-24-26-28-30-41(44)49-38-40(39-51-53(46,47)50-37-34-43(3)32-35-48-36-33-43)52-42(45)31-29-27-25-23-21-19-17-15-13-11-9-7-5-2/h40H,4-39H2,1-3H3/p+1. The molecule has 1 heterocycles. The molecule has 0 bridgehead atoms. The van der Waals surface area contributed by atoms with E-state index in [0.717, 1.165) is 45.2 Å². The molecular formula is C42H83NO9P+. The largest absolute Gasteiger partial charge is 0.472 e. The van der Waals surface area contributed by atoms with Crippen LogP contribution in [0.2, 0.25) is 0 Å². The molecule has 1 saturated heterocycles. The highest BCUT2D eigenvalue weighted by atomic mass is 31.2. The maximum absolute atomic E-state index is 12.7. The van der Waals surface area contributed by atoms with Crippen molar-refractivity contribution in [3.63, 3.8) is 0 Å². The number of unbranched alkanes of at least 4 members (excludes halogenated alkanes) is 24. The molecule has 0 spiro atoms. The number of hydrogen-bond donors (Lipinski definition) is 1. The van der Waals surface area contributed by atoms with Gasteiger partial charge in [-0.25, -0.2) is 4.57 Å². The number of esters is 2. The Kier molecular flexibility index (Phi) is 32.3. The maximum Gasteiger partial charge on any atom is 0.472 e. The minimum absolute atomic E-state index is 0.0435. The lowest BCUT2D eigenvalue weighted by Gasteiger charge is -2.37. The van der Waals surface area contributed by atoms with Gasteiger partial charge in [-0.1, -0.05) is 168 Å². The Labute approximate surface area is 325 Å². The lowest BCUT2D eigenvalue weighted by Crippen LogP contribution is -2.53. The van der Waals surface area contributed by atoms with Crippen LogP contribution < -0.4 is 0 Å². The first-order valence-corrected chi connectivity index (χ1v) is 23.6. The van der Waals surface area contributed by atoms with Crippen molar-refractivity contribution in [2.75, 3.05) is 59.7 Å². The van der Waals surface area contributed by atoms with Crippen molar-refractivity contribution < 1.29 is 46.8 Å². The van der Waals surface area contributed by atoms with Crippen molar-refractivity contribution in [1.29, 1.82) is 0 Å². The Morgan fingerprint density at radius 1 is 0.604 bits per heavy atom. The third-order valence-electron chi connectivity index (χ3n) is 10.6. The quantitative estimate of drug-likeness (QED) is 0.0283. The number of rotatable bonds is 38. The fraction of sp³-hybridized carbons (Fsp3) is 0.952. The average molecular weight is 777 g/mol. The van der Waals surface area contributed by atoms with Gasteiger partial charge in [-0.2, -0.15) is 0 Å². The first-order chi connectivity index (χ1) is 25.7. The van der Waals surface area contributed by atoms with Gasteiger partial charge in [-0.15, -0.1) is 0 Å². The third-order valence-corrected chi connectivity index (χ3v) is 11.5. The van der Waals surface area contributed by atoms with Crippen molar-refractivity contribution in [3.8, 4) is 0 Å². The molecule has 1 fully saturated rings. The molecule has 0 aliphatic carbocycles. The van der Waals surface area contributed by atoms with Gasteiger partial charge in [0.25, 0.3) is 0 Å². The van der Waals surface area contributed by atoms with Crippen molar-refractivity contribution >= 4 is 19.8 Å². The topological polar surface area (TPSA) is 118 Å². The second kappa shape index (κ2) is 34.2. The summed E-state index contributed by atoms with van der Waals surface area (Å²) in [6.45, 7) is 7.38. The minimum Gasteiger partial charge on any atom is -0.462 e. The predicted molar refractivity (Wildman–Crippen MR) is 215 cm³/mol. The summed E-state index contributed by atoms with van der Waals surface area (Å²) in [5.74, 6) is -0.788. The number of nitrogens with zero attached hydrogens (tertiary/aromatic N) is 1. The van der Waals surface area contributed by atoms with E-state index in [1.54, 1.807) is 0 Å². The van der Waals surface area contributed by atoms with E-state index in [0.29, 0.717) is 37.1 Å². The average Bonchev–Trinajstić information content (AvgIpc) is 3.13. The van der Waals surface area contributed by atoms with Gasteiger partial charge < -0.3 is 23.6 Å². The van der Waals surface area contributed by atoms with Crippen LogP contribution in [-0.4, -0.2) is 87.1 Å². The molecule has 10 nitrogen and oxygen atoms in total. The molecule has 53 heavy (non-hydrogen) atoms. The number of morpholine rings is 1. The summed E-state index contributed by atoms with van der Waals surface area (Å²) in [4.78, 5) is 35.6. The fourth-order valence-electron chi connectivity index (χ4n) is 6.79. The Hall–Kier alpha value is -1.03. The van der Waals surface area contributed by atoms with E-state index in [1.165, 1.54) is 128 Å². The summed E-state index contributed by atoms with van der Waals surface area (Å²) in [6.07, 6.45) is 31.3. The van der Waals surface area contributed by atoms with E-state index in [-0.39, 0.29) is 25.6 Å². The molecule has 0 amide bonds. The number of hydrogen-bond acceptors (Lipinski definition) is 8. The van der Waals surface area contributed by atoms with E-state index in [1.807, 2.05) is 0 Å². The van der Waals surface area contributed by atoms with Crippen LogP contribution >= 0.6 is 7.82 Å². The van der Waals surface area contributed by atoms with E-state index in [9.17, 15) is 19.0 Å². The number of likely N-dealkylation sites (N-methyl/N-ethyl adjacent to an activating group) is 1. The van der Waals surface area contributed by atoms with E-state index >= 15 is 0 Å². The highest BCUT2D eigenvalue weighted by Crippen LogP contribution is 2.43. The molecular weight excluding hydrogens is 693 g/mol. The molecule has 314 valence electrons. The van der Waals surface area contributed by atoms with Crippen LogP contribution in [0, 0.1) is 0 Å². The molecule has 1 aliphatic rings. The second-order valence-corrected chi connectivity index (χ2v) is 17.2. The Morgan fingerprint density at radius 2 is 1.00 bits per heavy atom. The highest BCUT2D eigenvalue weighted by molar-refractivity contribution is 7.47. The lowest BCUT2D eigenvalue weighted by atomic mass is 10.0. The Morgan fingerprint density at radius 3 is 1.43 bits per heavy atom. The SMILES string of the molecule is CCCCCCCCCCCCCCCC(=O)OCC(COP(=O)(O)OCC[N+]1(C)CCOCC1)OC(=O)CCCCCCCCCCCCCCC. The van der Waals surface area contributed by atoms with Gasteiger partial charge in [-0.05, 0) is 12.8 Å². The van der Waals surface area contributed by atoms with Crippen molar-refractivity contribution in [2.24, 2.45) is 0 Å². The third kappa shape index (κ3) is 31.8. The first-order valence-electron chi connectivity index (χ1n) is 22.1. The molecule has 1 aliphatic heterocycles. The van der Waals surface area contributed by atoms with E-state index in [2.05, 4.69) is 20.9 Å². The molecule has 0 saturated carbocycles. The molecule has 2 unspecified atom stereocenters. The molecule has 1 rings (SSSR count). The zero-order valence-electron chi connectivity index (χ0n) is 34.6. The summed E-state index contributed by atoms with van der Waals surface area (Å²) in [6, 6.07) is 0. The van der Waals surface area contributed by atoms with Gasteiger partial charge in [0.15, 0.2) is 6.10 Å². The number of ether oxygens (including phenoxy) is 3. The molecule has 0 radical (unpaired) electrons. The van der Waals surface area contributed by atoms with Gasteiger partial charge in [0.1, 0.15) is 32.8 Å². The van der Waals surface area contributed by atoms with E-state index in [4.69, 9.17) is 23.3 Å². The summed E-state index contributed by atoms with van der Waals surface area (Å²) < 4.78 is 40.3. The summed E-state index contributed by atoms with van der Waals surface area (Å²) in [7, 11) is -2.34. The monoisotopic (exact) mass is 777 g/mol. The fourth-order valence-corrected chi connectivity index (χ4v) is 7.53. The van der Waals surface area contributed by atoms with Crippen LogP contribution in [0.4, 0.5) is 0 Å². The van der Waals surface area contributed by atoms with Gasteiger partial charge in [0.05, 0.1) is 26.9 Å². The minimum atomic E-state index is -4.40. The van der Waals surface area contributed by atoms with Crippen molar-refractivity contribution in [1.82, 2.24) is 0 Å². The lowest BCUT2D eigenvalue weighted by molar-refractivity contribution is -0.916. The van der Waals surface area contributed by atoms with Crippen LogP contribution in [0.3, 0.4) is 0 Å². The Bertz CT molecular complexity index is 915. The number of phosphoric ester groups is 1. The van der Waals surface area contributed by atoms with Crippen LogP contribution in [0.1, 0.15) is 194 Å². The smallest absolute Gasteiger partial charge is 0.462 e. The van der Waals surface area contributed by atoms with Crippen LogP contribution in [0.15, 0.2) is 0 Å². The Balaban J connectivity index is 2.34. The molecule has 1 N–H and O–H groups in total. The number of quaternary nitrogens is 1. The summed E-state index contributed by atoms with van der Waals surface area (Å²) in [5, 5.41) is 0. The van der Waals surface area contributed by atoms with Crippen LogP contribution in [0.25, 0.3) is 0 Å². The normalized spacial score (nSPS) is 15.9. The molecule has 0 aromatic rings. The van der Waals surface area contributed by atoms with Crippen LogP contribution in [0.5, 0.6) is 0 Å². The van der Waals surface area contributed by atoms with Gasteiger partial charge in [0.2, 0.25) is 0 Å². The number of carbonyl (C=O) groups is 2. The predicted octanol–water partition coefficient (Wildman–Crippen LogP) is 11.0. The molecule has 11 heteroatoms. The number of carbonyl (C=O) groups excluding carboxylic acids is 2. The summed E-state index contributed by atoms with van der Waals surface area (Å²) in [5.41, 5.74) is 0. The highest BCUT2D eigenvalue weighted by Gasteiger charge is 2.29. The zero-order chi connectivity index (χ0) is 38.7. The van der Waals surface area contributed by atoms with Gasteiger partial charge in [-0.3, -0.25) is 18.6 Å².